The predicted molar refractivity (Wildman–Crippen MR) is 79.2 cm³/mol. The van der Waals surface area contributed by atoms with Gasteiger partial charge in [-0.25, -0.2) is 4.39 Å². The van der Waals surface area contributed by atoms with Crippen LogP contribution in [0.5, 0.6) is 0 Å². The number of fused-ring (bicyclic) bond motifs is 1. The number of hydrogen-bond acceptors (Lipinski definition) is 2. The Kier molecular flexibility index (Phi) is 4.11. The zero-order chi connectivity index (χ0) is 15.7. The Bertz CT molecular complexity index is 764. The second-order valence-corrected chi connectivity index (χ2v) is 5.25. The van der Waals surface area contributed by atoms with Crippen LogP contribution in [0.4, 0.5) is 4.39 Å². The second kappa shape index (κ2) is 5.68. The number of rotatable bonds is 4. The fourth-order valence-corrected chi connectivity index (χ4v) is 2.66. The summed E-state index contributed by atoms with van der Waals surface area (Å²) < 4.78 is 15.4. The van der Waals surface area contributed by atoms with Gasteiger partial charge in [-0.05, 0) is 38.5 Å². The van der Waals surface area contributed by atoms with E-state index in [0.717, 1.165) is 6.42 Å². The first-order chi connectivity index (χ1) is 9.86. The molecule has 1 unspecified atom stereocenters. The summed E-state index contributed by atoms with van der Waals surface area (Å²) >= 11 is 0. The van der Waals surface area contributed by atoms with E-state index in [-0.39, 0.29) is 23.4 Å². The molecule has 1 aromatic heterocycles. The topological polar surface area (TPSA) is 59.3 Å². The van der Waals surface area contributed by atoms with Gasteiger partial charge in [-0.1, -0.05) is 6.92 Å². The highest BCUT2D eigenvalue weighted by molar-refractivity contribution is 5.82. The van der Waals surface area contributed by atoms with Crippen molar-refractivity contribution in [2.75, 3.05) is 0 Å². The molecule has 0 aliphatic rings. The first kappa shape index (κ1) is 15.2. The van der Waals surface area contributed by atoms with Crippen molar-refractivity contribution in [2.45, 2.75) is 39.7 Å². The highest BCUT2D eigenvalue weighted by Gasteiger charge is 2.18. The molecule has 1 heterocycles. The molecule has 21 heavy (non-hydrogen) atoms. The number of carbonyl (C=O) groups is 1. The molecular weight excluding hydrogens is 273 g/mol. The molecule has 1 aromatic carbocycles. The molecule has 0 saturated heterocycles. The van der Waals surface area contributed by atoms with Crippen molar-refractivity contribution in [1.29, 1.82) is 0 Å². The number of halogens is 1. The molecule has 0 fully saturated rings. The summed E-state index contributed by atoms with van der Waals surface area (Å²) in [7, 11) is 0. The van der Waals surface area contributed by atoms with Gasteiger partial charge < -0.3 is 9.67 Å². The van der Waals surface area contributed by atoms with Crippen molar-refractivity contribution in [1.82, 2.24) is 4.57 Å². The van der Waals surface area contributed by atoms with Crippen LogP contribution in [0, 0.1) is 12.7 Å². The maximum absolute atomic E-state index is 13.5. The maximum atomic E-state index is 13.5. The number of aromatic nitrogens is 1. The number of aliphatic carboxylic acids is 1. The summed E-state index contributed by atoms with van der Waals surface area (Å²) in [6.45, 7) is 5.74. The number of pyridine rings is 1. The van der Waals surface area contributed by atoms with Gasteiger partial charge in [0.25, 0.3) is 0 Å². The molecule has 0 radical (unpaired) electrons. The predicted octanol–water partition coefficient (Wildman–Crippen LogP) is 3.05. The number of hydrogen-bond donors (Lipinski definition) is 1. The van der Waals surface area contributed by atoms with E-state index in [4.69, 9.17) is 5.11 Å². The van der Waals surface area contributed by atoms with Gasteiger partial charge in [0, 0.05) is 22.7 Å². The molecule has 0 aliphatic carbocycles. The third-order valence-corrected chi connectivity index (χ3v) is 3.89. The van der Waals surface area contributed by atoms with Crippen LogP contribution in [0.2, 0.25) is 0 Å². The summed E-state index contributed by atoms with van der Waals surface area (Å²) in [5, 5.41) is 9.24. The lowest BCUT2D eigenvalue weighted by molar-refractivity contribution is -0.136. The lowest BCUT2D eigenvalue weighted by Crippen LogP contribution is -2.23. The van der Waals surface area contributed by atoms with Crippen LogP contribution in [0.3, 0.4) is 0 Å². The van der Waals surface area contributed by atoms with Gasteiger partial charge in [0.2, 0.25) is 0 Å². The minimum absolute atomic E-state index is 0.0890. The quantitative estimate of drug-likeness (QED) is 0.942. The minimum Gasteiger partial charge on any atom is -0.481 e. The number of carboxylic acids is 1. The van der Waals surface area contributed by atoms with Gasteiger partial charge in [-0.15, -0.1) is 0 Å². The van der Waals surface area contributed by atoms with Gasteiger partial charge in [0.1, 0.15) is 5.82 Å². The zero-order valence-electron chi connectivity index (χ0n) is 12.3. The van der Waals surface area contributed by atoms with Crippen LogP contribution in [0.1, 0.15) is 37.6 Å². The van der Waals surface area contributed by atoms with Crippen LogP contribution in [-0.4, -0.2) is 15.6 Å². The summed E-state index contributed by atoms with van der Waals surface area (Å²) in [5.41, 5.74) is 1.10. The number of nitrogens with zero attached hydrogens (tertiary/aromatic N) is 1. The lowest BCUT2D eigenvalue weighted by Gasteiger charge is -2.22. The highest BCUT2D eigenvalue weighted by Crippen LogP contribution is 2.23. The van der Waals surface area contributed by atoms with Crippen LogP contribution < -0.4 is 5.43 Å². The molecule has 4 nitrogen and oxygen atoms in total. The first-order valence-electron chi connectivity index (χ1n) is 6.91. The molecule has 2 rings (SSSR count). The van der Waals surface area contributed by atoms with Crippen LogP contribution in [0.15, 0.2) is 23.0 Å². The fraction of sp³-hybridized carbons (Fsp3) is 0.375. The normalized spacial score (nSPS) is 12.6. The molecule has 1 atom stereocenters. The summed E-state index contributed by atoms with van der Waals surface area (Å²) in [6.07, 6.45) is 0.469. The lowest BCUT2D eigenvalue weighted by atomic mass is 10.0. The van der Waals surface area contributed by atoms with Crippen LogP contribution in [-0.2, 0) is 11.2 Å². The maximum Gasteiger partial charge on any atom is 0.308 e. The van der Waals surface area contributed by atoms with E-state index in [1.807, 2.05) is 18.4 Å². The molecule has 0 spiro atoms. The number of benzene rings is 1. The van der Waals surface area contributed by atoms with Crippen molar-refractivity contribution in [3.05, 3.63) is 45.5 Å². The van der Waals surface area contributed by atoms with E-state index in [1.165, 1.54) is 12.1 Å². The number of carboxylic acid groups (broad SMARTS) is 1. The van der Waals surface area contributed by atoms with Gasteiger partial charge in [-0.2, -0.15) is 0 Å². The molecule has 112 valence electrons. The molecule has 0 saturated carbocycles. The van der Waals surface area contributed by atoms with E-state index < -0.39 is 17.2 Å². The van der Waals surface area contributed by atoms with Gasteiger partial charge in [0.05, 0.1) is 11.9 Å². The summed E-state index contributed by atoms with van der Waals surface area (Å²) in [5.74, 6) is -1.57. The SMILES string of the molecule is CCC(C)n1c(C)c(CC(=O)O)c(=O)c2cc(F)ccc21. The van der Waals surface area contributed by atoms with Crippen molar-refractivity contribution in [3.8, 4) is 0 Å². The molecule has 1 N–H and O–H groups in total. The summed E-state index contributed by atoms with van der Waals surface area (Å²) in [4.78, 5) is 23.5. The van der Waals surface area contributed by atoms with E-state index in [1.54, 1.807) is 13.0 Å². The van der Waals surface area contributed by atoms with E-state index >= 15 is 0 Å². The molecular formula is C16H18FNO3. The van der Waals surface area contributed by atoms with E-state index in [0.29, 0.717) is 11.2 Å². The molecule has 5 heteroatoms. The van der Waals surface area contributed by atoms with Gasteiger partial charge in [-0.3, -0.25) is 9.59 Å². The molecule has 0 amide bonds. The second-order valence-electron chi connectivity index (χ2n) is 5.25. The Hall–Kier alpha value is -2.17. The fourth-order valence-electron chi connectivity index (χ4n) is 2.66. The van der Waals surface area contributed by atoms with Crippen LogP contribution >= 0.6 is 0 Å². The zero-order valence-corrected chi connectivity index (χ0v) is 12.3. The van der Waals surface area contributed by atoms with Crippen LogP contribution in [0.25, 0.3) is 10.9 Å². The van der Waals surface area contributed by atoms with Gasteiger partial charge in [0.15, 0.2) is 5.43 Å². The van der Waals surface area contributed by atoms with Crippen molar-refractivity contribution < 1.29 is 14.3 Å². The summed E-state index contributed by atoms with van der Waals surface area (Å²) in [6, 6.07) is 4.17. The average Bonchev–Trinajstić information content (AvgIpc) is 2.43. The van der Waals surface area contributed by atoms with Crippen molar-refractivity contribution in [3.63, 3.8) is 0 Å². The third kappa shape index (κ3) is 2.68. The molecule has 2 aromatic rings. The van der Waals surface area contributed by atoms with E-state index in [2.05, 4.69) is 0 Å². The standard InChI is InChI=1S/C16H18FNO3/c1-4-9(2)18-10(3)12(8-15(19)20)16(21)13-7-11(17)5-6-14(13)18/h5-7,9H,4,8H2,1-3H3,(H,19,20). The van der Waals surface area contributed by atoms with Crippen molar-refractivity contribution in [2.24, 2.45) is 0 Å². The Morgan fingerprint density at radius 1 is 1.43 bits per heavy atom. The smallest absolute Gasteiger partial charge is 0.308 e. The molecule has 0 bridgehead atoms. The Morgan fingerprint density at radius 3 is 2.67 bits per heavy atom. The Labute approximate surface area is 121 Å². The third-order valence-electron chi connectivity index (χ3n) is 3.89. The van der Waals surface area contributed by atoms with Gasteiger partial charge >= 0.3 is 5.97 Å². The monoisotopic (exact) mass is 291 g/mol. The first-order valence-corrected chi connectivity index (χ1v) is 6.91. The van der Waals surface area contributed by atoms with E-state index in [9.17, 15) is 14.0 Å². The Balaban J connectivity index is 2.92. The minimum atomic E-state index is -1.07. The Morgan fingerprint density at radius 2 is 2.10 bits per heavy atom. The largest absolute Gasteiger partial charge is 0.481 e. The highest BCUT2D eigenvalue weighted by atomic mass is 19.1. The van der Waals surface area contributed by atoms with Crippen molar-refractivity contribution >= 4 is 16.9 Å². The average molecular weight is 291 g/mol. The molecule has 0 aliphatic heterocycles.